The van der Waals surface area contributed by atoms with Crippen molar-refractivity contribution < 1.29 is 8.78 Å². The van der Waals surface area contributed by atoms with E-state index < -0.39 is 11.6 Å². The number of hydrogen-bond acceptors (Lipinski definition) is 2. The quantitative estimate of drug-likeness (QED) is 0.823. The molecule has 0 spiro atoms. The van der Waals surface area contributed by atoms with Gasteiger partial charge in [0.05, 0.1) is 5.69 Å². The molecular weight excluding hydrogens is 234 g/mol. The van der Waals surface area contributed by atoms with Gasteiger partial charge in [-0.2, -0.15) is 0 Å². The zero-order chi connectivity index (χ0) is 12.8. The third kappa shape index (κ3) is 3.89. The Labute approximate surface area is 105 Å². The molecular formula is C14H14F2N2. The van der Waals surface area contributed by atoms with Gasteiger partial charge in [-0.15, -0.1) is 0 Å². The molecule has 18 heavy (non-hydrogen) atoms. The molecule has 0 amide bonds. The van der Waals surface area contributed by atoms with Crippen molar-refractivity contribution in [3.8, 4) is 0 Å². The minimum absolute atomic E-state index is 0.533. The normalized spacial score (nSPS) is 10.6. The Morgan fingerprint density at radius 1 is 1.06 bits per heavy atom. The van der Waals surface area contributed by atoms with E-state index in [1.807, 2.05) is 18.2 Å². The van der Waals surface area contributed by atoms with E-state index in [0.717, 1.165) is 11.8 Å². The van der Waals surface area contributed by atoms with Gasteiger partial charge in [-0.05, 0) is 42.8 Å². The van der Waals surface area contributed by atoms with Gasteiger partial charge in [0.2, 0.25) is 0 Å². The molecule has 0 bridgehead atoms. The van der Waals surface area contributed by atoms with Crippen molar-refractivity contribution in [2.75, 3.05) is 6.54 Å². The fraction of sp³-hybridized carbons (Fsp3) is 0.214. The van der Waals surface area contributed by atoms with Gasteiger partial charge >= 0.3 is 0 Å². The standard InChI is InChI=1S/C14H14F2N2/c15-12-7-11(8-13(16)9-12)4-6-17-10-14-3-1-2-5-18-14/h1-3,5,7-9,17H,4,6,10H2. The predicted octanol–water partition coefficient (Wildman–Crippen LogP) is 2.69. The molecule has 4 heteroatoms. The van der Waals surface area contributed by atoms with Crippen LogP contribution in [0.5, 0.6) is 0 Å². The fourth-order valence-corrected chi connectivity index (χ4v) is 1.71. The molecule has 1 N–H and O–H groups in total. The zero-order valence-corrected chi connectivity index (χ0v) is 9.87. The van der Waals surface area contributed by atoms with Gasteiger partial charge in [0.15, 0.2) is 0 Å². The van der Waals surface area contributed by atoms with Crippen LogP contribution in [-0.2, 0) is 13.0 Å². The molecule has 0 aliphatic carbocycles. The lowest BCUT2D eigenvalue weighted by atomic mass is 10.1. The van der Waals surface area contributed by atoms with E-state index in [1.54, 1.807) is 6.20 Å². The van der Waals surface area contributed by atoms with Crippen LogP contribution < -0.4 is 5.32 Å². The number of benzene rings is 1. The van der Waals surface area contributed by atoms with E-state index >= 15 is 0 Å². The van der Waals surface area contributed by atoms with E-state index in [1.165, 1.54) is 12.1 Å². The van der Waals surface area contributed by atoms with Crippen LogP contribution >= 0.6 is 0 Å². The van der Waals surface area contributed by atoms with Crippen LogP contribution in [0.2, 0.25) is 0 Å². The molecule has 0 unspecified atom stereocenters. The summed E-state index contributed by atoms with van der Waals surface area (Å²) < 4.78 is 25.9. The second kappa shape index (κ2) is 6.21. The first-order valence-electron chi connectivity index (χ1n) is 5.79. The Bertz CT molecular complexity index is 480. The van der Waals surface area contributed by atoms with Crippen molar-refractivity contribution in [3.63, 3.8) is 0 Å². The number of nitrogens with zero attached hydrogens (tertiary/aromatic N) is 1. The van der Waals surface area contributed by atoms with Crippen LogP contribution in [0.1, 0.15) is 11.3 Å². The largest absolute Gasteiger partial charge is 0.311 e. The van der Waals surface area contributed by atoms with E-state index in [9.17, 15) is 8.78 Å². The second-order valence-electron chi connectivity index (χ2n) is 4.03. The van der Waals surface area contributed by atoms with Gasteiger partial charge in [0.25, 0.3) is 0 Å². The first kappa shape index (κ1) is 12.6. The number of rotatable bonds is 5. The van der Waals surface area contributed by atoms with Crippen molar-refractivity contribution in [3.05, 3.63) is 65.5 Å². The third-order valence-electron chi connectivity index (χ3n) is 2.55. The van der Waals surface area contributed by atoms with Crippen molar-refractivity contribution in [2.45, 2.75) is 13.0 Å². The van der Waals surface area contributed by atoms with Gasteiger partial charge in [-0.3, -0.25) is 4.98 Å². The average molecular weight is 248 g/mol. The Balaban J connectivity index is 1.78. The molecule has 2 aromatic rings. The molecule has 0 fully saturated rings. The lowest BCUT2D eigenvalue weighted by Gasteiger charge is -2.05. The third-order valence-corrected chi connectivity index (χ3v) is 2.55. The Kier molecular flexibility index (Phi) is 4.36. The highest BCUT2D eigenvalue weighted by atomic mass is 19.1. The number of hydrogen-bond donors (Lipinski definition) is 1. The molecule has 1 aromatic heterocycles. The van der Waals surface area contributed by atoms with Gasteiger partial charge in [-0.25, -0.2) is 8.78 Å². The van der Waals surface area contributed by atoms with Crippen LogP contribution in [0.15, 0.2) is 42.6 Å². The Morgan fingerprint density at radius 3 is 2.50 bits per heavy atom. The summed E-state index contributed by atoms with van der Waals surface area (Å²) in [6, 6.07) is 9.29. The smallest absolute Gasteiger partial charge is 0.126 e. The molecule has 0 aliphatic heterocycles. The highest BCUT2D eigenvalue weighted by Crippen LogP contribution is 2.08. The van der Waals surface area contributed by atoms with E-state index in [2.05, 4.69) is 10.3 Å². The lowest BCUT2D eigenvalue weighted by molar-refractivity contribution is 0.577. The van der Waals surface area contributed by atoms with Gasteiger partial charge in [-0.1, -0.05) is 6.07 Å². The lowest BCUT2D eigenvalue weighted by Crippen LogP contribution is -2.17. The highest BCUT2D eigenvalue weighted by molar-refractivity contribution is 5.18. The summed E-state index contributed by atoms with van der Waals surface area (Å²) in [6.07, 6.45) is 2.32. The van der Waals surface area contributed by atoms with Crippen molar-refractivity contribution in [1.82, 2.24) is 10.3 Å². The van der Waals surface area contributed by atoms with Crippen LogP contribution in [-0.4, -0.2) is 11.5 Å². The maximum Gasteiger partial charge on any atom is 0.126 e. The number of aromatic nitrogens is 1. The van der Waals surface area contributed by atoms with E-state index in [4.69, 9.17) is 0 Å². The minimum atomic E-state index is -0.533. The summed E-state index contributed by atoms with van der Waals surface area (Å²) in [5.41, 5.74) is 1.60. The molecule has 0 saturated carbocycles. The summed E-state index contributed by atoms with van der Waals surface area (Å²) in [5, 5.41) is 3.18. The molecule has 2 rings (SSSR count). The van der Waals surface area contributed by atoms with Gasteiger partial charge in [0.1, 0.15) is 11.6 Å². The molecule has 0 saturated heterocycles. The van der Waals surface area contributed by atoms with Crippen LogP contribution in [0.4, 0.5) is 8.78 Å². The maximum absolute atomic E-state index is 12.9. The van der Waals surface area contributed by atoms with Gasteiger partial charge in [0, 0.05) is 18.8 Å². The van der Waals surface area contributed by atoms with Crippen LogP contribution in [0, 0.1) is 11.6 Å². The van der Waals surface area contributed by atoms with E-state index in [0.29, 0.717) is 25.1 Å². The van der Waals surface area contributed by atoms with Gasteiger partial charge < -0.3 is 5.32 Å². The fourth-order valence-electron chi connectivity index (χ4n) is 1.71. The van der Waals surface area contributed by atoms with Crippen molar-refractivity contribution >= 4 is 0 Å². The molecule has 1 heterocycles. The molecule has 94 valence electrons. The zero-order valence-electron chi connectivity index (χ0n) is 9.87. The summed E-state index contributed by atoms with van der Waals surface area (Å²) in [7, 11) is 0. The summed E-state index contributed by atoms with van der Waals surface area (Å²) in [4.78, 5) is 4.17. The van der Waals surface area contributed by atoms with Crippen LogP contribution in [0.3, 0.4) is 0 Å². The SMILES string of the molecule is Fc1cc(F)cc(CCNCc2ccccn2)c1. The summed E-state index contributed by atoms with van der Waals surface area (Å²) in [5.74, 6) is -1.07. The topological polar surface area (TPSA) is 24.9 Å². The van der Waals surface area contributed by atoms with Crippen molar-refractivity contribution in [2.24, 2.45) is 0 Å². The Hall–Kier alpha value is -1.81. The highest BCUT2D eigenvalue weighted by Gasteiger charge is 2.00. The molecule has 1 aromatic carbocycles. The van der Waals surface area contributed by atoms with Crippen molar-refractivity contribution in [1.29, 1.82) is 0 Å². The molecule has 0 aliphatic rings. The molecule has 0 atom stereocenters. The average Bonchev–Trinajstić information content (AvgIpc) is 2.35. The van der Waals surface area contributed by atoms with E-state index in [-0.39, 0.29) is 0 Å². The predicted molar refractivity (Wildman–Crippen MR) is 66.0 cm³/mol. The molecule has 0 radical (unpaired) electrons. The minimum Gasteiger partial charge on any atom is -0.311 e. The first-order chi connectivity index (χ1) is 8.74. The first-order valence-corrected chi connectivity index (χ1v) is 5.79. The second-order valence-corrected chi connectivity index (χ2v) is 4.03. The summed E-state index contributed by atoms with van der Waals surface area (Å²) in [6.45, 7) is 1.30. The number of halogens is 2. The van der Waals surface area contributed by atoms with Crippen LogP contribution in [0.25, 0.3) is 0 Å². The number of nitrogens with one attached hydrogen (secondary N) is 1. The summed E-state index contributed by atoms with van der Waals surface area (Å²) >= 11 is 0. The Morgan fingerprint density at radius 2 is 1.83 bits per heavy atom. The number of pyridine rings is 1. The monoisotopic (exact) mass is 248 g/mol. The maximum atomic E-state index is 12.9. The molecule has 2 nitrogen and oxygen atoms in total.